The number of nitrogens with one attached hydrogen (secondary N) is 1. The van der Waals surface area contributed by atoms with Crippen molar-refractivity contribution >= 4 is 75.1 Å². The van der Waals surface area contributed by atoms with Crippen LogP contribution in [0.15, 0.2) is 103 Å². The molecule has 0 saturated carbocycles. The first-order chi connectivity index (χ1) is 16.4. The molecule has 8 rings (SSSR count). The monoisotopic (exact) mass is 438 g/mol. The van der Waals surface area contributed by atoms with Gasteiger partial charge in [-0.05, 0) is 42.5 Å². The van der Waals surface area contributed by atoms with Crippen molar-refractivity contribution in [3.05, 3.63) is 103 Å². The highest BCUT2D eigenvalue weighted by molar-refractivity contribution is 7.26. The molecule has 0 atom stereocenters. The van der Waals surface area contributed by atoms with Crippen molar-refractivity contribution in [1.82, 2.24) is 9.55 Å². The van der Waals surface area contributed by atoms with Gasteiger partial charge in [0.2, 0.25) is 0 Å². The lowest BCUT2D eigenvalue weighted by Crippen LogP contribution is -1.93. The van der Waals surface area contributed by atoms with E-state index >= 15 is 0 Å². The molecule has 1 N–H and O–H groups in total. The second kappa shape index (κ2) is 6.25. The van der Waals surface area contributed by atoms with Gasteiger partial charge in [0.15, 0.2) is 0 Å². The van der Waals surface area contributed by atoms with Gasteiger partial charge in [0.25, 0.3) is 0 Å². The zero-order valence-electron chi connectivity index (χ0n) is 17.7. The van der Waals surface area contributed by atoms with Crippen molar-refractivity contribution in [3.8, 4) is 5.69 Å². The molecule has 154 valence electrons. The van der Waals surface area contributed by atoms with Crippen LogP contribution < -0.4 is 0 Å². The predicted octanol–water partition coefficient (Wildman–Crippen LogP) is 8.79. The van der Waals surface area contributed by atoms with E-state index in [4.69, 9.17) is 0 Å². The number of H-pyrrole nitrogens is 1. The summed E-state index contributed by atoms with van der Waals surface area (Å²) in [6, 6.07) is 37.5. The molecule has 2 nitrogen and oxygen atoms in total. The van der Waals surface area contributed by atoms with Gasteiger partial charge >= 0.3 is 0 Å². The van der Waals surface area contributed by atoms with Crippen LogP contribution in [0.3, 0.4) is 0 Å². The van der Waals surface area contributed by atoms with Crippen molar-refractivity contribution < 1.29 is 0 Å². The SMILES string of the molecule is c1ccc2c(c1)[nH]c1ccc(-n3c4ccccc4c4c5sc6ccccc6c5ccc43)cc12. The molecule has 0 unspecified atom stereocenters. The summed E-state index contributed by atoms with van der Waals surface area (Å²) >= 11 is 1.90. The molecule has 0 bridgehead atoms. The molecule has 3 aromatic heterocycles. The molecular weight excluding hydrogens is 420 g/mol. The maximum absolute atomic E-state index is 3.56. The fourth-order valence-corrected chi connectivity index (χ4v) is 6.75. The number of aromatic amines is 1. The first-order valence-corrected chi connectivity index (χ1v) is 12.0. The highest BCUT2D eigenvalue weighted by atomic mass is 32.1. The third-order valence-corrected chi connectivity index (χ3v) is 8.13. The van der Waals surface area contributed by atoms with Crippen LogP contribution in [-0.4, -0.2) is 9.55 Å². The summed E-state index contributed by atoms with van der Waals surface area (Å²) in [6.07, 6.45) is 0. The molecule has 5 aromatic carbocycles. The third kappa shape index (κ3) is 2.27. The minimum Gasteiger partial charge on any atom is -0.355 e. The van der Waals surface area contributed by atoms with Gasteiger partial charge in [-0.15, -0.1) is 11.3 Å². The van der Waals surface area contributed by atoms with E-state index in [2.05, 4.69) is 113 Å². The number of thiophene rings is 1. The zero-order chi connectivity index (χ0) is 21.5. The molecule has 0 saturated heterocycles. The van der Waals surface area contributed by atoms with E-state index in [9.17, 15) is 0 Å². The van der Waals surface area contributed by atoms with Crippen LogP contribution in [-0.2, 0) is 0 Å². The second-order valence-corrected chi connectivity index (χ2v) is 9.74. The van der Waals surface area contributed by atoms with Gasteiger partial charge in [-0.1, -0.05) is 60.7 Å². The fourth-order valence-electron chi connectivity index (χ4n) is 5.49. The van der Waals surface area contributed by atoms with E-state index < -0.39 is 0 Å². The topological polar surface area (TPSA) is 20.7 Å². The van der Waals surface area contributed by atoms with Crippen LogP contribution >= 0.6 is 11.3 Å². The first-order valence-electron chi connectivity index (χ1n) is 11.2. The number of rotatable bonds is 1. The molecular formula is C30H18N2S. The maximum atomic E-state index is 3.56. The molecule has 33 heavy (non-hydrogen) atoms. The summed E-state index contributed by atoms with van der Waals surface area (Å²) in [7, 11) is 0. The van der Waals surface area contributed by atoms with E-state index in [0.717, 1.165) is 0 Å². The molecule has 0 aliphatic rings. The zero-order valence-corrected chi connectivity index (χ0v) is 18.5. The lowest BCUT2D eigenvalue weighted by Gasteiger charge is -2.08. The van der Waals surface area contributed by atoms with E-state index in [0.29, 0.717) is 0 Å². The van der Waals surface area contributed by atoms with Gasteiger partial charge in [0.05, 0.1) is 11.0 Å². The van der Waals surface area contributed by atoms with E-state index in [1.165, 1.54) is 69.5 Å². The molecule has 0 amide bonds. The average Bonchev–Trinajstić information content (AvgIpc) is 3.52. The van der Waals surface area contributed by atoms with Gasteiger partial charge in [0, 0.05) is 58.4 Å². The second-order valence-electron chi connectivity index (χ2n) is 8.69. The Bertz CT molecular complexity index is 2030. The highest BCUT2D eigenvalue weighted by Crippen LogP contribution is 2.43. The van der Waals surface area contributed by atoms with Crippen molar-refractivity contribution in [2.45, 2.75) is 0 Å². The van der Waals surface area contributed by atoms with E-state index in [-0.39, 0.29) is 0 Å². The molecule has 0 fully saturated rings. The van der Waals surface area contributed by atoms with Gasteiger partial charge in [0.1, 0.15) is 0 Å². The van der Waals surface area contributed by atoms with E-state index in [1.807, 2.05) is 11.3 Å². The van der Waals surface area contributed by atoms with Crippen molar-refractivity contribution in [2.75, 3.05) is 0 Å². The quantitative estimate of drug-likeness (QED) is 0.264. The number of nitrogens with zero attached hydrogens (tertiary/aromatic N) is 1. The summed E-state index contributed by atoms with van der Waals surface area (Å²) in [5.74, 6) is 0. The number of para-hydroxylation sites is 2. The van der Waals surface area contributed by atoms with Crippen LogP contribution in [0.4, 0.5) is 0 Å². The van der Waals surface area contributed by atoms with Crippen LogP contribution in [0.2, 0.25) is 0 Å². The minimum atomic E-state index is 1.17. The Morgan fingerprint density at radius 1 is 0.545 bits per heavy atom. The summed E-state index contributed by atoms with van der Waals surface area (Å²) in [4.78, 5) is 3.56. The Morgan fingerprint density at radius 3 is 2.24 bits per heavy atom. The van der Waals surface area contributed by atoms with Crippen molar-refractivity contribution in [3.63, 3.8) is 0 Å². The normalized spacial score (nSPS) is 12.2. The van der Waals surface area contributed by atoms with Crippen molar-refractivity contribution in [1.29, 1.82) is 0 Å². The van der Waals surface area contributed by atoms with Gasteiger partial charge in [-0.3, -0.25) is 0 Å². The lowest BCUT2D eigenvalue weighted by molar-refractivity contribution is 1.19. The minimum absolute atomic E-state index is 1.17. The van der Waals surface area contributed by atoms with Crippen LogP contribution in [0.5, 0.6) is 0 Å². The predicted molar refractivity (Wildman–Crippen MR) is 143 cm³/mol. The van der Waals surface area contributed by atoms with Gasteiger partial charge < -0.3 is 9.55 Å². The number of benzene rings is 5. The summed E-state index contributed by atoms with van der Waals surface area (Å²) < 4.78 is 5.14. The summed E-state index contributed by atoms with van der Waals surface area (Å²) in [5.41, 5.74) is 6.05. The Labute approximate surface area is 193 Å². The number of hydrogen-bond acceptors (Lipinski definition) is 1. The summed E-state index contributed by atoms with van der Waals surface area (Å²) in [5, 5.41) is 7.88. The third-order valence-electron chi connectivity index (χ3n) is 6.93. The van der Waals surface area contributed by atoms with Crippen molar-refractivity contribution in [2.24, 2.45) is 0 Å². The largest absolute Gasteiger partial charge is 0.355 e. The molecule has 3 heterocycles. The molecule has 0 aliphatic carbocycles. The van der Waals surface area contributed by atoms with Crippen LogP contribution in [0, 0.1) is 0 Å². The smallest absolute Gasteiger partial charge is 0.0555 e. The first kappa shape index (κ1) is 17.5. The van der Waals surface area contributed by atoms with Gasteiger partial charge in [-0.2, -0.15) is 0 Å². The number of hydrogen-bond donors (Lipinski definition) is 1. The molecule has 0 spiro atoms. The molecule has 0 radical (unpaired) electrons. The fraction of sp³-hybridized carbons (Fsp3) is 0. The van der Waals surface area contributed by atoms with Gasteiger partial charge in [-0.25, -0.2) is 0 Å². The summed E-state index contributed by atoms with van der Waals surface area (Å²) in [6.45, 7) is 0. The Hall–Kier alpha value is -4.08. The average molecular weight is 439 g/mol. The number of fused-ring (bicyclic) bond motifs is 10. The Balaban J connectivity index is 1.53. The molecule has 3 heteroatoms. The van der Waals surface area contributed by atoms with E-state index in [1.54, 1.807) is 0 Å². The maximum Gasteiger partial charge on any atom is 0.0555 e. The Morgan fingerprint density at radius 2 is 1.30 bits per heavy atom. The Kier molecular flexibility index (Phi) is 3.31. The number of aromatic nitrogens is 2. The molecule has 0 aliphatic heterocycles. The molecule has 8 aromatic rings. The standard InChI is InChI=1S/C30H18N2S/c1-4-10-24-19(7-1)23-17-18(13-15-25(23)31-24)32-26-11-5-2-9-22(26)29-27(32)16-14-21-20-8-3-6-12-28(20)33-30(21)29/h1-17,31H. The highest BCUT2D eigenvalue weighted by Gasteiger charge is 2.17. The van der Waals surface area contributed by atoms with Crippen LogP contribution in [0.1, 0.15) is 0 Å². The lowest BCUT2D eigenvalue weighted by atomic mass is 10.1. The van der Waals surface area contributed by atoms with Crippen LogP contribution in [0.25, 0.3) is 69.5 Å².